The lowest BCUT2D eigenvalue weighted by atomic mass is 9.81. The van der Waals surface area contributed by atoms with E-state index >= 15 is 0 Å². The number of fused-ring (bicyclic) bond motifs is 1. The van der Waals surface area contributed by atoms with Crippen LogP contribution in [0.1, 0.15) is 35.1 Å². The fraction of sp³-hybridized carbons (Fsp3) is 0.269. The second-order valence-electron chi connectivity index (χ2n) is 8.49. The molecule has 1 atom stereocenters. The summed E-state index contributed by atoms with van der Waals surface area (Å²) in [7, 11) is -4.12. The summed E-state index contributed by atoms with van der Waals surface area (Å²) in [5.74, 6) is -0.391. The number of aliphatic hydroxyl groups is 1. The van der Waals surface area contributed by atoms with Crippen LogP contribution >= 0.6 is 11.6 Å². The summed E-state index contributed by atoms with van der Waals surface area (Å²) in [5, 5.41) is 9.44. The van der Waals surface area contributed by atoms with Gasteiger partial charge in [0, 0.05) is 29.6 Å². The lowest BCUT2D eigenvalue weighted by Gasteiger charge is -2.38. The van der Waals surface area contributed by atoms with Gasteiger partial charge in [0.05, 0.1) is 16.8 Å². The van der Waals surface area contributed by atoms with Crippen molar-refractivity contribution in [2.45, 2.75) is 30.7 Å². The van der Waals surface area contributed by atoms with E-state index in [1.54, 1.807) is 13.0 Å². The Balaban J connectivity index is 2.08. The monoisotopic (exact) mass is 521 g/mol. The number of alkyl halides is 3. The molecule has 0 spiro atoms. The van der Waals surface area contributed by atoms with Crippen LogP contribution in [-0.2, 0) is 20.8 Å². The molecule has 9 heteroatoms. The van der Waals surface area contributed by atoms with Crippen LogP contribution in [0, 0.1) is 6.92 Å². The number of rotatable bonds is 6. The normalized spacial score (nSPS) is 18.9. The number of hydrogen-bond donors (Lipinski definition) is 1. The molecule has 1 unspecified atom stereocenters. The number of allylic oxidation sites excluding steroid dienone is 3. The molecule has 0 aliphatic heterocycles. The highest BCUT2D eigenvalue weighted by Crippen LogP contribution is 2.53. The first-order chi connectivity index (χ1) is 16.5. The Morgan fingerprint density at radius 1 is 1.09 bits per heavy atom. The predicted molar refractivity (Wildman–Crippen MR) is 132 cm³/mol. The van der Waals surface area contributed by atoms with E-state index in [0.717, 1.165) is 11.6 Å². The summed E-state index contributed by atoms with van der Waals surface area (Å²) in [6.45, 7) is 1.27. The third-order valence-corrected chi connectivity index (χ3v) is 9.32. The summed E-state index contributed by atoms with van der Waals surface area (Å²) >= 11 is 6.72. The van der Waals surface area contributed by atoms with Crippen LogP contribution in [-0.4, -0.2) is 30.9 Å². The molecule has 4 rings (SSSR count). The van der Waals surface area contributed by atoms with Crippen LogP contribution in [0.4, 0.5) is 13.2 Å². The van der Waals surface area contributed by atoms with Gasteiger partial charge < -0.3 is 5.11 Å². The molecule has 4 nitrogen and oxygen atoms in total. The van der Waals surface area contributed by atoms with Gasteiger partial charge in [0.25, 0.3) is 0 Å². The van der Waals surface area contributed by atoms with E-state index in [9.17, 15) is 26.7 Å². The largest absolute Gasteiger partial charge is 0.418 e. The van der Waals surface area contributed by atoms with Crippen LogP contribution in [0.2, 0.25) is 0 Å². The maximum atomic E-state index is 14.0. The molecule has 0 amide bonds. The number of aryl methyl sites for hydroxylation is 1. The Bertz CT molecular complexity index is 1430. The van der Waals surface area contributed by atoms with E-state index in [1.807, 2.05) is 30.3 Å². The van der Waals surface area contributed by atoms with Crippen molar-refractivity contribution in [3.05, 3.63) is 94.2 Å². The highest BCUT2D eigenvalue weighted by atomic mass is 35.5. The standard InChI is InChI=1S/C26H23ClF3NO3S/c1-17-16-31-24-20(9-5-10-21(24)26(28,29)30)23(17)25(35(33,34)14-6-13-32)15-19(11-12-22(25)27)18-7-3-2-4-8-18/h2-5,7-12,16,32H,6,13-15H2,1H3. The number of nitrogens with zero attached hydrogens (tertiary/aromatic N) is 1. The number of hydrogen-bond acceptors (Lipinski definition) is 4. The molecule has 1 aliphatic carbocycles. The minimum absolute atomic E-state index is 0.0110. The minimum Gasteiger partial charge on any atom is -0.396 e. The highest BCUT2D eigenvalue weighted by molar-refractivity contribution is 7.92. The van der Waals surface area contributed by atoms with Crippen molar-refractivity contribution >= 4 is 37.9 Å². The Morgan fingerprint density at radius 2 is 1.80 bits per heavy atom. The van der Waals surface area contributed by atoms with Gasteiger partial charge in [0.1, 0.15) is 4.75 Å². The van der Waals surface area contributed by atoms with E-state index in [-0.39, 0.29) is 40.9 Å². The number of halogens is 4. The molecule has 0 radical (unpaired) electrons. The third kappa shape index (κ3) is 4.39. The number of sulfone groups is 1. The van der Waals surface area contributed by atoms with Crippen molar-refractivity contribution < 1.29 is 26.7 Å². The van der Waals surface area contributed by atoms with E-state index in [2.05, 4.69) is 4.98 Å². The van der Waals surface area contributed by atoms with Crippen molar-refractivity contribution in [2.24, 2.45) is 0 Å². The summed E-state index contributed by atoms with van der Waals surface area (Å²) in [5.41, 5.74) is 0.756. The molecule has 1 N–H and O–H groups in total. The summed E-state index contributed by atoms with van der Waals surface area (Å²) in [6.07, 6.45) is -0.282. The van der Waals surface area contributed by atoms with Gasteiger partial charge in [-0.25, -0.2) is 8.42 Å². The number of benzene rings is 2. The molecule has 0 bridgehead atoms. The van der Waals surface area contributed by atoms with Crippen LogP contribution in [0.3, 0.4) is 0 Å². The van der Waals surface area contributed by atoms with Gasteiger partial charge in [0.15, 0.2) is 9.84 Å². The molecule has 2 aromatic carbocycles. The highest BCUT2D eigenvalue weighted by Gasteiger charge is 2.51. The fourth-order valence-corrected chi connectivity index (χ4v) is 7.47. The molecule has 1 aliphatic rings. The SMILES string of the molecule is Cc1cnc2c(C(F)(F)F)cccc2c1C1(S(=O)(=O)CCCO)CC(c2ccccc2)=CC=C1Cl. The Hall–Kier alpha value is -2.68. The Morgan fingerprint density at radius 3 is 2.46 bits per heavy atom. The first-order valence-electron chi connectivity index (χ1n) is 10.9. The average molecular weight is 522 g/mol. The predicted octanol–water partition coefficient (Wildman–Crippen LogP) is 6.16. The number of pyridine rings is 1. The molecule has 1 aromatic heterocycles. The summed E-state index contributed by atoms with van der Waals surface area (Å²) in [6, 6.07) is 12.8. The molecule has 3 aromatic rings. The molecule has 0 fully saturated rings. The van der Waals surface area contributed by atoms with E-state index in [4.69, 9.17) is 11.6 Å². The minimum atomic E-state index is -4.68. The first-order valence-corrected chi connectivity index (χ1v) is 13.0. The molecular weight excluding hydrogens is 499 g/mol. The molecule has 0 saturated carbocycles. The third-order valence-electron chi connectivity index (χ3n) is 6.30. The number of para-hydroxylation sites is 1. The quantitative estimate of drug-likeness (QED) is 0.421. The second kappa shape index (κ2) is 9.41. The van der Waals surface area contributed by atoms with Crippen molar-refractivity contribution in [3.8, 4) is 0 Å². The fourth-order valence-electron chi connectivity index (χ4n) is 4.71. The Kier molecular flexibility index (Phi) is 6.83. The molecular formula is C26H23ClF3NO3S. The zero-order chi connectivity index (χ0) is 25.4. The zero-order valence-electron chi connectivity index (χ0n) is 18.8. The van der Waals surface area contributed by atoms with E-state index < -0.39 is 32.1 Å². The smallest absolute Gasteiger partial charge is 0.396 e. The van der Waals surface area contributed by atoms with Gasteiger partial charge in [-0.05, 0) is 47.8 Å². The summed E-state index contributed by atoms with van der Waals surface area (Å²) < 4.78 is 67.7. The lowest BCUT2D eigenvalue weighted by molar-refractivity contribution is -0.136. The van der Waals surface area contributed by atoms with Gasteiger partial charge in [-0.1, -0.05) is 60.1 Å². The lowest BCUT2D eigenvalue weighted by Crippen LogP contribution is -2.41. The van der Waals surface area contributed by atoms with Gasteiger partial charge in [-0.2, -0.15) is 13.2 Å². The van der Waals surface area contributed by atoms with Crippen LogP contribution in [0.25, 0.3) is 16.5 Å². The molecule has 35 heavy (non-hydrogen) atoms. The van der Waals surface area contributed by atoms with Gasteiger partial charge in [-0.3, -0.25) is 4.98 Å². The topological polar surface area (TPSA) is 67.3 Å². The van der Waals surface area contributed by atoms with Crippen LogP contribution in [0.15, 0.2) is 71.9 Å². The first kappa shape index (κ1) is 25.4. The summed E-state index contributed by atoms with van der Waals surface area (Å²) in [4.78, 5) is 4.05. The molecule has 184 valence electrons. The van der Waals surface area contributed by atoms with Crippen molar-refractivity contribution in [2.75, 3.05) is 12.4 Å². The van der Waals surface area contributed by atoms with E-state index in [1.165, 1.54) is 24.4 Å². The van der Waals surface area contributed by atoms with Crippen molar-refractivity contribution in [1.29, 1.82) is 0 Å². The van der Waals surface area contributed by atoms with Gasteiger partial charge in [-0.15, -0.1) is 0 Å². The van der Waals surface area contributed by atoms with Gasteiger partial charge in [0.2, 0.25) is 0 Å². The second-order valence-corrected chi connectivity index (χ2v) is 11.2. The zero-order valence-corrected chi connectivity index (χ0v) is 20.4. The molecule has 0 saturated heterocycles. The Labute approximate surface area is 206 Å². The van der Waals surface area contributed by atoms with Crippen molar-refractivity contribution in [3.63, 3.8) is 0 Å². The average Bonchev–Trinajstić information content (AvgIpc) is 2.83. The van der Waals surface area contributed by atoms with Crippen LogP contribution in [0.5, 0.6) is 0 Å². The van der Waals surface area contributed by atoms with Gasteiger partial charge >= 0.3 is 6.18 Å². The maximum Gasteiger partial charge on any atom is 0.418 e. The maximum absolute atomic E-state index is 14.0. The van der Waals surface area contributed by atoms with Crippen molar-refractivity contribution in [1.82, 2.24) is 4.98 Å². The molecule has 1 heterocycles. The van der Waals surface area contributed by atoms with E-state index in [0.29, 0.717) is 11.1 Å². The number of aliphatic hydroxyl groups excluding tert-OH is 1. The van der Waals surface area contributed by atoms with Crippen LogP contribution < -0.4 is 0 Å². The number of aromatic nitrogens is 1.